The van der Waals surface area contributed by atoms with Crippen molar-refractivity contribution >= 4 is 11.9 Å². The largest absolute Gasteiger partial charge is 0.465 e. The Kier molecular flexibility index (Phi) is 20.0. The molecule has 31 heavy (non-hydrogen) atoms. The molecule has 6 heteroatoms. The van der Waals surface area contributed by atoms with E-state index >= 15 is 0 Å². The second-order valence-corrected chi connectivity index (χ2v) is 8.88. The van der Waals surface area contributed by atoms with E-state index in [2.05, 4.69) is 13.8 Å². The molecule has 0 aliphatic heterocycles. The van der Waals surface area contributed by atoms with Gasteiger partial charge in [0.1, 0.15) is 13.2 Å². The minimum absolute atomic E-state index is 0.153. The Morgan fingerprint density at radius 1 is 0.581 bits per heavy atom. The second-order valence-electron chi connectivity index (χ2n) is 8.88. The number of carbonyl (C=O) groups excluding carboxylic acids is 2. The summed E-state index contributed by atoms with van der Waals surface area (Å²) in [5.41, 5.74) is -1.15. The predicted octanol–water partition coefficient (Wildman–Crippen LogP) is 5.33. The number of hydrogen-bond donors (Lipinski definition) is 2. The normalized spacial score (nSPS) is 11.5. The highest BCUT2D eigenvalue weighted by Crippen LogP contribution is 2.19. The fraction of sp³-hybridized carbons (Fsp3) is 0.920. The third kappa shape index (κ3) is 17.1. The van der Waals surface area contributed by atoms with Crippen LogP contribution in [0.4, 0.5) is 0 Å². The third-order valence-corrected chi connectivity index (χ3v) is 5.72. The lowest BCUT2D eigenvalue weighted by atomic mass is 9.92. The molecule has 6 nitrogen and oxygen atoms in total. The Hall–Kier alpha value is -1.14. The fourth-order valence-electron chi connectivity index (χ4n) is 3.34. The van der Waals surface area contributed by atoms with E-state index in [0.29, 0.717) is 12.8 Å². The van der Waals surface area contributed by atoms with Crippen molar-refractivity contribution in [2.75, 3.05) is 26.4 Å². The number of esters is 2. The maximum atomic E-state index is 12.0. The number of unbranched alkanes of at least 4 members (excludes halogenated alkanes) is 12. The van der Waals surface area contributed by atoms with Crippen LogP contribution in [0, 0.1) is 5.41 Å². The van der Waals surface area contributed by atoms with Crippen molar-refractivity contribution in [1.82, 2.24) is 0 Å². The average molecular weight is 445 g/mol. The van der Waals surface area contributed by atoms with Gasteiger partial charge >= 0.3 is 11.9 Å². The van der Waals surface area contributed by atoms with E-state index in [4.69, 9.17) is 9.47 Å². The van der Waals surface area contributed by atoms with Crippen LogP contribution in [0.2, 0.25) is 0 Å². The molecule has 0 fully saturated rings. The summed E-state index contributed by atoms with van der Waals surface area (Å²) >= 11 is 0. The lowest BCUT2D eigenvalue weighted by Gasteiger charge is -2.28. The van der Waals surface area contributed by atoms with Gasteiger partial charge in [0.2, 0.25) is 0 Å². The predicted molar refractivity (Wildman–Crippen MR) is 124 cm³/mol. The summed E-state index contributed by atoms with van der Waals surface area (Å²) in [6, 6.07) is 0. The Balaban J connectivity index is 4.01. The van der Waals surface area contributed by atoms with Crippen molar-refractivity contribution in [3.05, 3.63) is 0 Å². The first-order chi connectivity index (χ1) is 15.0. The first kappa shape index (κ1) is 29.9. The van der Waals surface area contributed by atoms with E-state index in [1.165, 1.54) is 51.4 Å². The van der Waals surface area contributed by atoms with E-state index in [0.717, 1.165) is 38.5 Å². The van der Waals surface area contributed by atoms with Crippen LogP contribution in [0.5, 0.6) is 0 Å². The van der Waals surface area contributed by atoms with Crippen LogP contribution in [0.1, 0.15) is 117 Å². The van der Waals surface area contributed by atoms with E-state index in [1.807, 2.05) is 0 Å². The lowest BCUT2D eigenvalue weighted by Crippen LogP contribution is -2.41. The molecule has 0 radical (unpaired) electrons. The molecule has 2 N–H and O–H groups in total. The Morgan fingerprint density at radius 3 is 1.23 bits per heavy atom. The van der Waals surface area contributed by atoms with Gasteiger partial charge in [-0.05, 0) is 12.8 Å². The molecular formula is C25H48O6. The summed E-state index contributed by atoms with van der Waals surface area (Å²) in [7, 11) is 0. The molecule has 0 rings (SSSR count). The first-order valence-electron chi connectivity index (χ1n) is 12.6. The monoisotopic (exact) mass is 444 g/mol. The van der Waals surface area contributed by atoms with Crippen LogP contribution in [0.25, 0.3) is 0 Å². The summed E-state index contributed by atoms with van der Waals surface area (Å²) < 4.78 is 10.5. The molecule has 0 unspecified atom stereocenters. The fourth-order valence-corrected chi connectivity index (χ4v) is 3.34. The zero-order chi connectivity index (χ0) is 23.2. The van der Waals surface area contributed by atoms with Gasteiger partial charge in [-0.15, -0.1) is 0 Å². The highest BCUT2D eigenvalue weighted by Gasteiger charge is 2.32. The molecule has 0 amide bonds. The van der Waals surface area contributed by atoms with Gasteiger partial charge in [0.15, 0.2) is 0 Å². The number of ether oxygens (including phenoxy) is 2. The molecule has 0 heterocycles. The summed E-state index contributed by atoms with van der Waals surface area (Å²) in [5, 5.41) is 19.4. The van der Waals surface area contributed by atoms with Crippen molar-refractivity contribution in [2.45, 2.75) is 117 Å². The quantitative estimate of drug-likeness (QED) is 0.173. The van der Waals surface area contributed by atoms with Gasteiger partial charge in [0, 0.05) is 12.8 Å². The van der Waals surface area contributed by atoms with Crippen molar-refractivity contribution in [1.29, 1.82) is 0 Å². The van der Waals surface area contributed by atoms with Crippen LogP contribution in [-0.4, -0.2) is 48.6 Å². The summed E-state index contributed by atoms with van der Waals surface area (Å²) in [4.78, 5) is 23.9. The van der Waals surface area contributed by atoms with Gasteiger partial charge in [-0.25, -0.2) is 0 Å². The molecule has 0 saturated heterocycles. The van der Waals surface area contributed by atoms with Crippen LogP contribution >= 0.6 is 0 Å². The molecule has 0 saturated carbocycles. The molecule has 0 aromatic rings. The molecular weight excluding hydrogens is 396 g/mol. The molecule has 0 aliphatic rings. The smallest absolute Gasteiger partial charge is 0.305 e. The number of aliphatic hydroxyl groups excluding tert-OH is 2. The topological polar surface area (TPSA) is 93.1 Å². The maximum absolute atomic E-state index is 12.0. The van der Waals surface area contributed by atoms with E-state index in [9.17, 15) is 19.8 Å². The standard InChI is InChI=1S/C25H48O6/c1-3-5-7-9-11-13-15-17-23(28)30-21-25(19-26,20-27)22-31-24(29)18-16-14-12-10-8-6-4-2/h26-27H,3-22H2,1-2H3. The molecule has 0 aliphatic carbocycles. The second kappa shape index (κ2) is 20.7. The Morgan fingerprint density at radius 2 is 0.903 bits per heavy atom. The SMILES string of the molecule is CCCCCCCCCC(=O)OCC(CO)(CO)COC(=O)CCCCCCCCC. The van der Waals surface area contributed by atoms with Crippen LogP contribution in [0.15, 0.2) is 0 Å². The summed E-state index contributed by atoms with van der Waals surface area (Å²) in [6.07, 6.45) is 16.3. The highest BCUT2D eigenvalue weighted by atomic mass is 16.5. The van der Waals surface area contributed by atoms with E-state index in [-0.39, 0.29) is 25.2 Å². The Bertz CT molecular complexity index is 398. The van der Waals surface area contributed by atoms with Crippen LogP contribution < -0.4 is 0 Å². The van der Waals surface area contributed by atoms with Crippen molar-refractivity contribution in [3.63, 3.8) is 0 Å². The summed E-state index contributed by atoms with van der Waals surface area (Å²) in [6.45, 7) is 3.23. The molecule has 0 spiro atoms. The maximum Gasteiger partial charge on any atom is 0.305 e. The Labute approximate surface area is 190 Å². The third-order valence-electron chi connectivity index (χ3n) is 5.72. The summed E-state index contributed by atoms with van der Waals surface area (Å²) in [5.74, 6) is -0.677. The van der Waals surface area contributed by atoms with Gasteiger partial charge < -0.3 is 19.7 Å². The van der Waals surface area contributed by atoms with E-state index < -0.39 is 18.6 Å². The van der Waals surface area contributed by atoms with Crippen LogP contribution in [0.3, 0.4) is 0 Å². The van der Waals surface area contributed by atoms with Gasteiger partial charge in [-0.2, -0.15) is 0 Å². The lowest BCUT2D eigenvalue weighted by molar-refractivity contribution is -0.159. The molecule has 0 aromatic heterocycles. The van der Waals surface area contributed by atoms with Crippen molar-refractivity contribution in [2.24, 2.45) is 5.41 Å². The number of carbonyl (C=O) groups is 2. The van der Waals surface area contributed by atoms with Crippen LogP contribution in [-0.2, 0) is 19.1 Å². The average Bonchev–Trinajstić information content (AvgIpc) is 2.78. The van der Waals surface area contributed by atoms with Crippen molar-refractivity contribution in [3.8, 4) is 0 Å². The minimum atomic E-state index is -1.15. The van der Waals surface area contributed by atoms with Gasteiger partial charge in [0.05, 0.1) is 18.6 Å². The minimum Gasteiger partial charge on any atom is -0.465 e. The van der Waals surface area contributed by atoms with E-state index in [1.54, 1.807) is 0 Å². The first-order valence-corrected chi connectivity index (χ1v) is 12.6. The highest BCUT2D eigenvalue weighted by molar-refractivity contribution is 5.69. The number of rotatable bonds is 22. The molecule has 0 bridgehead atoms. The number of hydrogen-bond acceptors (Lipinski definition) is 6. The molecule has 0 aromatic carbocycles. The van der Waals surface area contributed by atoms with Gasteiger partial charge in [0.25, 0.3) is 0 Å². The zero-order valence-corrected chi connectivity index (χ0v) is 20.2. The van der Waals surface area contributed by atoms with Crippen molar-refractivity contribution < 1.29 is 29.3 Å². The van der Waals surface area contributed by atoms with Gasteiger partial charge in [-0.3, -0.25) is 9.59 Å². The van der Waals surface area contributed by atoms with Gasteiger partial charge in [-0.1, -0.05) is 90.9 Å². The number of aliphatic hydroxyl groups is 2. The zero-order valence-electron chi connectivity index (χ0n) is 20.2. The molecule has 0 atom stereocenters. The molecule has 184 valence electrons.